The Hall–Kier alpha value is -2.30. The molecule has 0 saturated heterocycles. The first-order chi connectivity index (χ1) is 14.7. The van der Waals surface area contributed by atoms with E-state index in [2.05, 4.69) is 5.16 Å². The lowest BCUT2D eigenvalue weighted by atomic mass is 9.96. The molecule has 0 spiro atoms. The number of nitrogens with zero attached hydrogens (tertiary/aromatic N) is 1. The standard InChI is InChI=1S/C22H28N2O6S/c1-22(14-23-27,31(2,28)29)12-19-11-20(24-30-19)17-7-3-15(4-8-17)16-5-9-18(10-6-16)21(26)13-25/h3-10,19,21,23,25-27H,11-14H2,1-2H3/t19-,21?,22-/m1/s1. The number of hydrogen-bond donors (Lipinski definition) is 4. The number of sulfone groups is 1. The number of benzene rings is 2. The summed E-state index contributed by atoms with van der Waals surface area (Å²) in [5.74, 6) is 0. The highest BCUT2D eigenvalue weighted by molar-refractivity contribution is 7.92. The summed E-state index contributed by atoms with van der Waals surface area (Å²) in [6.07, 6.45) is 0.549. The fourth-order valence-corrected chi connectivity index (χ4v) is 4.39. The zero-order valence-electron chi connectivity index (χ0n) is 17.5. The van der Waals surface area contributed by atoms with Crippen LogP contribution in [-0.4, -0.2) is 59.8 Å². The highest BCUT2D eigenvalue weighted by atomic mass is 32.2. The van der Waals surface area contributed by atoms with Gasteiger partial charge < -0.3 is 20.3 Å². The van der Waals surface area contributed by atoms with Gasteiger partial charge >= 0.3 is 0 Å². The van der Waals surface area contributed by atoms with E-state index in [0.717, 1.165) is 28.7 Å². The van der Waals surface area contributed by atoms with Crippen LogP contribution in [0.5, 0.6) is 0 Å². The Bertz CT molecular complexity index is 1020. The molecule has 31 heavy (non-hydrogen) atoms. The van der Waals surface area contributed by atoms with Gasteiger partial charge in [-0.25, -0.2) is 13.9 Å². The Morgan fingerprint density at radius 3 is 2.19 bits per heavy atom. The quantitative estimate of drug-likeness (QED) is 0.432. The topological polar surface area (TPSA) is 128 Å². The summed E-state index contributed by atoms with van der Waals surface area (Å²) in [5.41, 5.74) is 6.22. The van der Waals surface area contributed by atoms with E-state index in [1.165, 1.54) is 0 Å². The van der Waals surface area contributed by atoms with Crippen LogP contribution in [0, 0.1) is 0 Å². The zero-order chi connectivity index (χ0) is 22.6. The highest BCUT2D eigenvalue weighted by Crippen LogP contribution is 2.29. The average Bonchev–Trinajstić information content (AvgIpc) is 3.21. The molecule has 3 rings (SSSR count). The van der Waals surface area contributed by atoms with Gasteiger partial charge in [0.05, 0.1) is 17.1 Å². The van der Waals surface area contributed by atoms with Gasteiger partial charge in [-0.3, -0.25) is 0 Å². The van der Waals surface area contributed by atoms with Gasteiger partial charge in [-0.15, -0.1) is 0 Å². The van der Waals surface area contributed by atoms with Crippen LogP contribution >= 0.6 is 0 Å². The number of hydrogen-bond acceptors (Lipinski definition) is 8. The molecule has 0 radical (unpaired) electrons. The second-order valence-corrected chi connectivity index (χ2v) is 10.7. The van der Waals surface area contributed by atoms with Gasteiger partial charge in [-0.2, -0.15) is 0 Å². The summed E-state index contributed by atoms with van der Waals surface area (Å²) in [5, 5.41) is 31.9. The summed E-state index contributed by atoms with van der Waals surface area (Å²) in [6.45, 7) is 1.16. The van der Waals surface area contributed by atoms with Crippen molar-refractivity contribution in [3.05, 3.63) is 59.7 Å². The Morgan fingerprint density at radius 2 is 1.68 bits per heavy atom. The molecule has 2 aromatic rings. The van der Waals surface area contributed by atoms with Gasteiger partial charge in [-0.1, -0.05) is 53.7 Å². The maximum Gasteiger partial charge on any atom is 0.154 e. The first kappa shape index (κ1) is 23.4. The molecule has 0 aromatic heterocycles. The normalized spacial score (nSPS) is 19.4. The first-order valence-electron chi connectivity index (χ1n) is 9.96. The monoisotopic (exact) mass is 448 g/mol. The largest absolute Gasteiger partial charge is 0.393 e. The van der Waals surface area contributed by atoms with E-state index in [4.69, 9.17) is 15.2 Å². The van der Waals surface area contributed by atoms with E-state index in [-0.39, 0.29) is 19.6 Å². The van der Waals surface area contributed by atoms with Crippen LogP contribution in [0.25, 0.3) is 11.1 Å². The van der Waals surface area contributed by atoms with Crippen molar-refractivity contribution in [2.24, 2.45) is 5.16 Å². The maximum atomic E-state index is 12.2. The van der Waals surface area contributed by atoms with Crippen LogP contribution in [-0.2, 0) is 14.7 Å². The molecule has 3 atom stereocenters. The molecule has 1 aliphatic heterocycles. The van der Waals surface area contributed by atoms with Crippen LogP contribution < -0.4 is 5.48 Å². The highest BCUT2D eigenvalue weighted by Gasteiger charge is 2.40. The third-order valence-electron chi connectivity index (χ3n) is 5.76. The lowest BCUT2D eigenvalue weighted by molar-refractivity contribution is 0.0646. The Labute approximate surface area is 182 Å². The molecule has 168 valence electrons. The molecule has 1 heterocycles. The average molecular weight is 449 g/mol. The smallest absolute Gasteiger partial charge is 0.154 e. The number of rotatable bonds is 9. The second-order valence-electron chi connectivity index (χ2n) is 8.13. The van der Waals surface area contributed by atoms with Gasteiger partial charge in [0.1, 0.15) is 12.2 Å². The van der Waals surface area contributed by atoms with Crippen LogP contribution in [0.1, 0.15) is 37.0 Å². The summed E-state index contributed by atoms with van der Waals surface area (Å²) in [4.78, 5) is 5.49. The second kappa shape index (κ2) is 9.46. The first-order valence-corrected chi connectivity index (χ1v) is 11.8. The van der Waals surface area contributed by atoms with E-state index in [1.54, 1.807) is 19.1 Å². The lowest BCUT2D eigenvalue weighted by Crippen LogP contribution is -2.46. The SMILES string of the molecule is C[C@](CNO)(C[C@H]1CC(c2ccc(-c3ccc(C(O)CO)cc3)cc2)=NO1)S(C)(=O)=O. The summed E-state index contributed by atoms with van der Waals surface area (Å²) >= 11 is 0. The lowest BCUT2D eigenvalue weighted by Gasteiger charge is -2.28. The van der Waals surface area contributed by atoms with Gasteiger partial charge in [0.2, 0.25) is 0 Å². The van der Waals surface area contributed by atoms with E-state index in [9.17, 15) is 13.5 Å². The third-order valence-corrected chi connectivity index (χ3v) is 7.86. The number of aliphatic hydroxyl groups excluding tert-OH is 2. The van der Waals surface area contributed by atoms with Gasteiger partial charge in [0.15, 0.2) is 9.84 Å². The zero-order valence-corrected chi connectivity index (χ0v) is 18.3. The third kappa shape index (κ3) is 5.31. The molecule has 0 bridgehead atoms. The minimum Gasteiger partial charge on any atom is -0.393 e. The molecule has 2 aromatic carbocycles. The van der Waals surface area contributed by atoms with Crippen molar-refractivity contribution in [1.82, 2.24) is 5.48 Å². The van der Waals surface area contributed by atoms with E-state index < -0.39 is 26.8 Å². The molecular formula is C22H28N2O6S. The van der Waals surface area contributed by atoms with Gasteiger partial charge in [0.25, 0.3) is 0 Å². The molecule has 1 aliphatic rings. The van der Waals surface area contributed by atoms with Crippen LogP contribution in [0.2, 0.25) is 0 Å². The number of hydroxylamine groups is 1. The predicted molar refractivity (Wildman–Crippen MR) is 118 cm³/mol. The van der Waals surface area contributed by atoms with Crippen LogP contribution in [0.15, 0.2) is 53.7 Å². The van der Waals surface area contributed by atoms with Crippen molar-refractivity contribution in [2.45, 2.75) is 36.7 Å². The minimum atomic E-state index is -3.43. The van der Waals surface area contributed by atoms with E-state index in [1.807, 2.05) is 41.9 Å². The van der Waals surface area contributed by atoms with E-state index >= 15 is 0 Å². The molecule has 0 fully saturated rings. The fourth-order valence-electron chi connectivity index (χ4n) is 3.57. The van der Waals surface area contributed by atoms with Crippen LogP contribution in [0.4, 0.5) is 0 Å². The Kier molecular flexibility index (Phi) is 7.13. The molecular weight excluding hydrogens is 420 g/mol. The van der Waals surface area contributed by atoms with Gasteiger partial charge in [0, 0.05) is 25.6 Å². The molecule has 0 amide bonds. The molecule has 4 N–H and O–H groups in total. The van der Waals surface area contributed by atoms with Crippen molar-refractivity contribution < 1.29 is 28.7 Å². The van der Waals surface area contributed by atoms with Crippen molar-refractivity contribution >= 4 is 15.5 Å². The molecule has 8 nitrogen and oxygen atoms in total. The molecule has 9 heteroatoms. The maximum absolute atomic E-state index is 12.2. The molecule has 0 saturated carbocycles. The molecule has 1 unspecified atom stereocenters. The van der Waals surface area contributed by atoms with Crippen molar-refractivity contribution in [3.8, 4) is 11.1 Å². The summed E-state index contributed by atoms with van der Waals surface area (Å²) < 4.78 is 23.1. The molecule has 0 aliphatic carbocycles. The van der Waals surface area contributed by atoms with Crippen molar-refractivity contribution in [2.75, 3.05) is 19.4 Å². The Morgan fingerprint density at radius 1 is 1.13 bits per heavy atom. The number of oxime groups is 1. The number of aliphatic hydroxyl groups is 2. The Balaban J connectivity index is 1.67. The minimum absolute atomic E-state index is 0.0934. The number of nitrogens with one attached hydrogen (secondary N) is 1. The van der Waals surface area contributed by atoms with Crippen molar-refractivity contribution in [3.63, 3.8) is 0 Å². The van der Waals surface area contributed by atoms with E-state index in [0.29, 0.717) is 12.0 Å². The fraction of sp³-hybridized carbons (Fsp3) is 0.409. The summed E-state index contributed by atoms with van der Waals surface area (Å²) in [7, 11) is -3.43. The van der Waals surface area contributed by atoms with Gasteiger partial charge in [-0.05, 0) is 29.2 Å². The van der Waals surface area contributed by atoms with Crippen molar-refractivity contribution in [1.29, 1.82) is 0 Å². The summed E-state index contributed by atoms with van der Waals surface area (Å²) in [6, 6.07) is 15.1. The predicted octanol–water partition coefficient (Wildman–Crippen LogP) is 2.04. The van der Waals surface area contributed by atoms with Crippen LogP contribution in [0.3, 0.4) is 0 Å².